The molecular formula is C18H20BrN5O2. The van der Waals surface area contributed by atoms with Gasteiger partial charge in [-0.1, -0.05) is 33.6 Å². The van der Waals surface area contributed by atoms with Gasteiger partial charge in [-0.3, -0.25) is 10.1 Å². The molecule has 0 amide bonds. The molecule has 0 aliphatic heterocycles. The smallest absolute Gasteiger partial charge is 0.353 e. The van der Waals surface area contributed by atoms with E-state index in [1.54, 1.807) is 0 Å². The first-order chi connectivity index (χ1) is 12.6. The van der Waals surface area contributed by atoms with Crippen LogP contribution >= 0.6 is 15.9 Å². The predicted molar refractivity (Wildman–Crippen MR) is 106 cm³/mol. The van der Waals surface area contributed by atoms with E-state index in [4.69, 9.17) is 0 Å². The highest BCUT2D eigenvalue weighted by Gasteiger charge is 2.23. The zero-order valence-electron chi connectivity index (χ0n) is 14.2. The van der Waals surface area contributed by atoms with E-state index >= 15 is 0 Å². The van der Waals surface area contributed by atoms with E-state index in [0.29, 0.717) is 12.2 Å². The van der Waals surface area contributed by atoms with Crippen LogP contribution in [0, 0.1) is 10.1 Å². The number of hydrogen-bond acceptors (Lipinski definition) is 6. The Balaban J connectivity index is 1.75. The Kier molecular flexibility index (Phi) is 6.17. The Morgan fingerprint density at radius 1 is 1.23 bits per heavy atom. The molecule has 1 aromatic carbocycles. The highest BCUT2D eigenvalue weighted by molar-refractivity contribution is 9.10. The van der Waals surface area contributed by atoms with Gasteiger partial charge >= 0.3 is 5.69 Å². The molecule has 2 aromatic rings. The molecule has 0 bridgehead atoms. The van der Waals surface area contributed by atoms with Crippen LogP contribution < -0.4 is 10.6 Å². The molecule has 0 fully saturated rings. The van der Waals surface area contributed by atoms with Gasteiger partial charge in [-0.25, -0.2) is 9.97 Å². The molecule has 1 aliphatic rings. The third-order valence-corrected chi connectivity index (χ3v) is 4.71. The summed E-state index contributed by atoms with van der Waals surface area (Å²) in [5.74, 6) is 0.404. The van der Waals surface area contributed by atoms with Gasteiger partial charge in [0.25, 0.3) is 0 Å². The van der Waals surface area contributed by atoms with Crippen LogP contribution in [0.5, 0.6) is 0 Å². The lowest BCUT2D eigenvalue weighted by molar-refractivity contribution is -0.383. The molecule has 0 atom stereocenters. The monoisotopic (exact) mass is 417 g/mol. The number of nitrogens with one attached hydrogen (secondary N) is 2. The molecule has 8 heteroatoms. The van der Waals surface area contributed by atoms with Gasteiger partial charge in [0.2, 0.25) is 11.6 Å². The fraction of sp³-hybridized carbons (Fsp3) is 0.333. The van der Waals surface area contributed by atoms with Crippen molar-refractivity contribution in [1.29, 1.82) is 0 Å². The zero-order chi connectivity index (χ0) is 18.4. The van der Waals surface area contributed by atoms with Crippen molar-refractivity contribution in [2.24, 2.45) is 0 Å². The number of allylic oxidation sites excluding steroid dienone is 1. The highest BCUT2D eigenvalue weighted by atomic mass is 79.9. The second kappa shape index (κ2) is 8.75. The highest BCUT2D eigenvalue weighted by Crippen LogP contribution is 2.32. The summed E-state index contributed by atoms with van der Waals surface area (Å²) in [5, 5.41) is 17.7. The Morgan fingerprint density at radius 3 is 2.81 bits per heavy atom. The van der Waals surface area contributed by atoms with E-state index in [2.05, 4.69) is 42.6 Å². The van der Waals surface area contributed by atoms with Crippen molar-refractivity contribution in [3.05, 3.63) is 56.8 Å². The number of benzene rings is 1. The number of rotatable bonds is 7. The van der Waals surface area contributed by atoms with Crippen LogP contribution in [0.4, 0.5) is 23.0 Å². The predicted octanol–water partition coefficient (Wildman–Crippen LogP) is 5.19. The minimum absolute atomic E-state index is 0.148. The van der Waals surface area contributed by atoms with Gasteiger partial charge in [-0.15, -0.1) is 0 Å². The van der Waals surface area contributed by atoms with Crippen LogP contribution in [-0.2, 0) is 0 Å². The van der Waals surface area contributed by atoms with Crippen LogP contribution in [0.2, 0.25) is 0 Å². The Morgan fingerprint density at radius 2 is 2.08 bits per heavy atom. The third-order valence-electron chi connectivity index (χ3n) is 4.22. The molecule has 0 unspecified atom stereocenters. The first kappa shape index (κ1) is 18.3. The molecular weight excluding hydrogens is 398 g/mol. The number of anilines is 3. The number of halogens is 1. The lowest BCUT2D eigenvalue weighted by Gasteiger charge is -2.14. The van der Waals surface area contributed by atoms with Crippen molar-refractivity contribution in [2.45, 2.75) is 32.1 Å². The summed E-state index contributed by atoms with van der Waals surface area (Å²) < 4.78 is 0.873. The van der Waals surface area contributed by atoms with Gasteiger partial charge in [0.15, 0.2) is 0 Å². The van der Waals surface area contributed by atoms with Gasteiger partial charge < -0.3 is 10.6 Å². The van der Waals surface area contributed by atoms with Crippen LogP contribution in [0.3, 0.4) is 0 Å². The fourth-order valence-electron chi connectivity index (χ4n) is 2.95. The molecule has 26 heavy (non-hydrogen) atoms. The van der Waals surface area contributed by atoms with E-state index in [9.17, 15) is 10.1 Å². The molecule has 2 N–H and O–H groups in total. The molecule has 0 saturated heterocycles. The maximum absolute atomic E-state index is 11.6. The molecule has 3 rings (SSSR count). The maximum Gasteiger partial charge on any atom is 0.353 e. The Bertz CT molecular complexity index is 825. The lowest BCUT2D eigenvalue weighted by atomic mass is 9.97. The van der Waals surface area contributed by atoms with E-state index in [1.165, 1.54) is 24.7 Å². The minimum Gasteiger partial charge on any atom is -0.364 e. The largest absolute Gasteiger partial charge is 0.364 e. The van der Waals surface area contributed by atoms with Crippen LogP contribution in [0.15, 0.2) is 46.7 Å². The molecule has 1 heterocycles. The average molecular weight is 418 g/mol. The second-order valence-corrected chi connectivity index (χ2v) is 7.01. The van der Waals surface area contributed by atoms with Crippen molar-refractivity contribution < 1.29 is 4.92 Å². The van der Waals surface area contributed by atoms with E-state index in [0.717, 1.165) is 23.7 Å². The second-order valence-electron chi connectivity index (χ2n) is 6.10. The summed E-state index contributed by atoms with van der Waals surface area (Å²) >= 11 is 3.39. The topological polar surface area (TPSA) is 93.0 Å². The number of aromatic nitrogens is 2. The molecule has 1 aromatic heterocycles. The standard InChI is InChI=1S/C18H20BrN5O2/c19-14-7-4-8-15(11-14)23-18-16(24(25)26)17(21-12-22-18)20-10-9-13-5-2-1-3-6-13/h4-5,7-8,11-12H,1-3,6,9-10H2,(H2,20,21,22,23). The van der Waals surface area contributed by atoms with Crippen molar-refractivity contribution in [3.63, 3.8) is 0 Å². The number of nitro groups is 1. The Labute approximate surface area is 160 Å². The van der Waals surface area contributed by atoms with Gasteiger partial charge in [0, 0.05) is 16.7 Å². The van der Waals surface area contributed by atoms with E-state index in [-0.39, 0.29) is 17.3 Å². The van der Waals surface area contributed by atoms with Crippen molar-refractivity contribution in [2.75, 3.05) is 17.2 Å². The number of hydrogen-bond donors (Lipinski definition) is 2. The molecule has 0 radical (unpaired) electrons. The summed E-state index contributed by atoms with van der Waals surface area (Å²) in [6.07, 6.45) is 9.19. The van der Waals surface area contributed by atoms with E-state index in [1.807, 2.05) is 24.3 Å². The molecule has 7 nitrogen and oxygen atoms in total. The van der Waals surface area contributed by atoms with Gasteiger partial charge in [-0.2, -0.15) is 0 Å². The normalized spacial score (nSPS) is 13.8. The van der Waals surface area contributed by atoms with Gasteiger partial charge in [0.1, 0.15) is 6.33 Å². The van der Waals surface area contributed by atoms with Gasteiger partial charge in [-0.05, 0) is 50.3 Å². The van der Waals surface area contributed by atoms with Crippen LogP contribution in [0.1, 0.15) is 32.1 Å². The fourth-order valence-corrected chi connectivity index (χ4v) is 3.35. The zero-order valence-corrected chi connectivity index (χ0v) is 15.8. The first-order valence-corrected chi connectivity index (χ1v) is 9.36. The quantitative estimate of drug-likeness (QED) is 0.365. The lowest BCUT2D eigenvalue weighted by Crippen LogP contribution is -2.10. The summed E-state index contributed by atoms with van der Waals surface area (Å²) in [7, 11) is 0. The molecule has 0 saturated carbocycles. The van der Waals surface area contributed by atoms with Gasteiger partial charge in [0.05, 0.1) is 4.92 Å². The SMILES string of the molecule is O=[N+]([O-])c1c(NCCC2=CCCCC2)ncnc1Nc1cccc(Br)c1. The van der Waals surface area contributed by atoms with Crippen molar-refractivity contribution in [1.82, 2.24) is 9.97 Å². The van der Waals surface area contributed by atoms with Crippen LogP contribution in [-0.4, -0.2) is 21.4 Å². The van der Waals surface area contributed by atoms with Crippen molar-refractivity contribution in [3.8, 4) is 0 Å². The summed E-state index contributed by atoms with van der Waals surface area (Å²) in [6, 6.07) is 7.37. The average Bonchev–Trinajstić information content (AvgIpc) is 2.62. The summed E-state index contributed by atoms with van der Waals surface area (Å²) in [5.41, 5.74) is 1.97. The van der Waals surface area contributed by atoms with Crippen LogP contribution in [0.25, 0.3) is 0 Å². The summed E-state index contributed by atoms with van der Waals surface area (Å²) in [6.45, 7) is 0.611. The van der Waals surface area contributed by atoms with E-state index < -0.39 is 4.92 Å². The third kappa shape index (κ3) is 4.78. The van der Waals surface area contributed by atoms with Crippen molar-refractivity contribution >= 4 is 38.9 Å². The number of nitrogens with zero attached hydrogens (tertiary/aromatic N) is 3. The maximum atomic E-state index is 11.6. The molecule has 136 valence electrons. The minimum atomic E-state index is -0.456. The first-order valence-electron chi connectivity index (χ1n) is 8.57. The molecule has 1 aliphatic carbocycles. The summed E-state index contributed by atoms with van der Waals surface area (Å²) in [4.78, 5) is 19.3. The Hall–Kier alpha value is -2.48. The molecule has 0 spiro atoms.